The summed E-state index contributed by atoms with van der Waals surface area (Å²) in [6.45, 7) is 0. The van der Waals surface area contributed by atoms with Crippen LogP contribution in [0.5, 0.6) is 0 Å². The maximum absolute atomic E-state index is 11.7. The summed E-state index contributed by atoms with van der Waals surface area (Å²) >= 11 is 0. The number of carboxylic acid groups (broad SMARTS) is 2. The lowest BCUT2D eigenvalue weighted by atomic mass is 9.50. The van der Waals surface area contributed by atoms with Crippen LogP contribution in [0.2, 0.25) is 0 Å². The molecule has 0 aliphatic heterocycles. The minimum atomic E-state index is -1.49. The lowest BCUT2D eigenvalue weighted by Gasteiger charge is -2.50. The molecule has 0 aromatic rings. The van der Waals surface area contributed by atoms with E-state index in [1.165, 1.54) is 25.7 Å². The van der Waals surface area contributed by atoms with Crippen molar-refractivity contribution in [2.75, 3.05) is 0 Å². The molecule has 0 saturated heterocycles. The van der Waals surface area contributed by atoms with Gasteiger partial charge in [0.25, 0.3) is 0 Å². The van der Waals surface area contributed by atoms with Gasteiger partial charge in [0, 0.05) is 0 Å². The SMILES string of the molecule is O=C(O)C1(C(=O)O)C2CCCCCCCCCCC1C2. The second-order valence-electron chi connectivity index (χ2n) is 6.51. The van der Waals surface area contributed by atoms with Crippen LogP contribution in [0.25, 0.3) is 0 Å². The molecule has 0 heterocycles. The van der Waals surface area contributed by atoms with Crippen molar-refractivity contribution in [3.8, 4) is 0 Å². The van der Waals surface area contributed by atoms with Gasteiger partial charge >= 0.3 is 11.9 Å². The lowest BCUT2D eigenvalue weighted by molar-refractivity contribution is -0.191. The Morgan fingerprint density at radius 1 is 0.700 bits per heavy atom. The highest BCUT2D eigenvalue weighted by Crippen LogP contribution is 2.56. The minimum absolute atomic E-state index is 0.164. The molecule has 20 heavy (non-hydrogen) atoms. The number of rotatable bonds is 2. The van der Waals surface area contributed by atoms with E-state index in [-0.39, 0.29) is 11.8 Å². The fourth-order valence-corrected chi connectivity index (χ4v) is 4.21. The zero-order valence-corrected chi connectivity index (χ0v) is 12.1. The van der Waals surface area contributed by atoms with Crippen molar-refractivity contribution in [3.05, 3.63) is 0 Å². The summed E-state index contributed by atoms with van der Waals surface area (Å²) in [5, 5.41) is 19.1. The molecule has 2 N–H and O–H groups in total. The topological polar surface area (TPSA) is 74.6 Å². The van der Waals surface area contributed by atoms with Crippen molar-refractivity contribution < 1.29 is 19.8 Å². The molecular weight excluding hydrogens is 256 g/mol. The summed E-state index contributed by atoms with van der Waals surface area (Å²) in [7, 11) is 0. The van der Waals surface area contributed by atoms with Gasteiger partial charge in [-0.1, -0.05) is 51.4 Å². The number of carbonyl (C=O) groups is 2. The summed E-state index contributed by atoms with van der Waals surface area (Å²) in [6.07, 6.45) is 11.4. The first-order valence-corrected chi connectivity index (χ1v) is 8.07. The van der Waals surface area contributed by atoms with Crippen molar-refractivity contribution in [1.82, 2.24) is 0 Å². The Labute approximate surface area is 120 Å². The standard InChI is InChI=1S/C16H26O4/c17-14(18)16(15(19)20)12-9-7-5-3-1-2-4-6-8-10-13(16)11-12/h12-13H,1-11H2,(H,17,18)(H,19,20). The van der Waals surface area contributed by atoms with E-state index in [1.807, 2.05) is 0 Å². The van der Waals surface area contributed by atoms with Gasteiger partial charge in [0.2, 0.25) is 0 Å². The maximum Gasteiger partial charge on any atom is 0.321 e. The number of aliphatic carboxylic acids is 2. The van der Waals surface area contributed by atoms with E-state index in [9.17, 15) is 19.8 Å². The van der Waals surface area contributed by atoms with Crippen LogP contribution in [-0.4, -0.2) is 22.2 Å². The first-order chi connectivity index (χ1) is 9.60. The largest absolute Gasteiger partial charge is 0.480 e. The highest BCUT2D eigenvalue weighted by molar-refractivity contribution is 6.00. The Hall–Kier alpha value is -1.06. The molecule has 3 aliphatic carbocycles. The van der Waals surface area contributed by atoms with Crippen LogP contribution in [0.3, 0.4) is 0 Å². The molecule has 3 saturated carbocycles. The van der Waals surface area contributed by atoms with E-state index >= 15 is 0 Å². The van der Waals surface area contributed by atoms with Crippen LogP contribution in [0.4, 0.5) is 0 Å². The molecule has 0 spiro atoms. The average molecular weight is 282 g/mol. The monoisotopic (exact) mass is 282 g/mol. The van der Waals surface area contributed by atoms with E-state index in [2.05, 4.69) is 0 Å². The van der Waals surface area contributed by atoms with Gasteiger partial charge in [0.05, 0.1) is 0 Å². The van der Waals surface area contributed by atoms with Crippen LogP contribution in [0.15, 0.2) is 0 Å². The van der Waals surface area contributed by atoms with Gasteiger partial charge in [0.15, 0.2) is 5.41 Å². The smallest absolute Gasteiger partial charge is 0.321 e. The van der Waals surface area contributed by atoms with Gasteiger partial charge in [-0.25, -0.2) is 0 Å². The Balaban J connectivity index is 2.12. The van der Waals surface area contributed by atoms with E-state index in [4.69, 9.17) is 0 Å². The van der Waals surface area contributed by atoms with Gasteiger partial charge in [-0.05, 0) is 31.1 Å². The van der Waals surface area contributed by atoms with Gasteiger partial charge in [-0.15, -0.1) is 0 Å². The first-order valence-electron chi connectivity index (χ1n) is 8.07. The molecule has 0 radical (unpaired) electrons. The predicted molar refractivity (Wildman–Crippen MR) is 75.5 cm³/mol. The Kier molecular flexibility index (Phi) is 5.06. The van der Waals surface area contributed by atoms with Gasteiger partial charge in [-0.2, -0.15) is 0 Å². The molecule has 3 rings (SSSR count). The van der Waals surface area contributed by atoms with Crippen LogP contribution < -0.4 is 0 Å². The number of hydrogen-bond acceptors (Lipinski definition) is 2. The van der Waals surface area contributed by atoms with Crippen molar-refractivity contribution in [2.45, 2.75) is 70.6 Å². The van der Waals surface area contributed by atoms with Crippen molar-refractivity contribution in [1.29, 1.82) is 0 Å². The normalized spacial score (nSPS) is 31.0. The van der Waals surface area contributed by atoms with E-state index in [1.54, 1.807) is 0 Å². The molecular formula is C16H26O4. The van der Waals surface area contributed by atoms with E-state index in [0.717, 1.165) is 44.9 Å². The van der Waals surface area contributed by atoms with Crippen LogP contribution in [-0.2, 0) is 9.59 Å². The molecule has 114 valence electrons. The average Bonchev–Trinajstić information content (AvgIpc) is 2.38. The fourth-order valence-electron chi connectivity index (χ4n) is 4.21. The molecule has 4 nitrogen and oxygen atoms in total. The molecule has 3 aliphatic rings. The quantitative estimate of drug-likeness (QED) is 0.757. The third kappa shape index (κ3) is 2.70. The van der Waals surface area contributed by atoms with Crippen molar-refractivity contribution in [2.24, 2.45) is 17.3 Å². The van der Waals surface area contributed by atoms with Gasteiger partial charge < -0.3 is 10.2 Å². The highest BCUT2D eigenvalue weighted by atomic mass is 16.4. The Morgan fingerprint density at radius 3 is 1.40 bits per heavy atom. The number of fused-ring (bicyclic) bond motifs is 9. The van der Waals surface area contributed by atoms with Crippen molar-refractivity contribution in [3.63, 3.8) is 0 Å². The molecule has 0 aromatic heterocycles. The summed E-state index contributed by atoms with van der Waals surface area (Å²) < 4.78 is 0. The third-order valence-corrected chi connectivity index (χ3v) is 5.42. The van der Waals surface area contributed by atoms with Gasteiger partial charge in [-0.3, -0.25) is 9.59 Å². The maximum atomic E-state index is 11.7. The molecule has 2 bridgehead atoms. The number of hydrogen-bond donors (Lipinski definition) is 2. The second kappa shape index (κ2) is 6.59. The Bertz CT molecular complexity index is 325. The zero-order valence-electron chi connectivity index (χ0n) is 12.1. The summed E-state index contributed by atoms with van der Waals surface area (Å²) in [4.78, 5) is 23.3. The molecule has 3 fully saturated rings. The van der Waals surface area contributed by atoms with Crippen LogP contribution >= 0.6 is 0 Å². The summed E-state index contributed by atoms with van der Waals surface area (Å²) in [5.74, 6) is -2.55. The van der Waals surface area contributed by atoms with Gasteiger partial charge in [0.1, 0.15) is 0 Å². The van der Waals surface area contributed by atoms with Crippen molar-refractivity contribution >= 4 is 11.9 Å². The van der Waals surface area contributed by atoms with E-state index < -0.39 is 17.4 Å². The molecule has 4 heteroatoms. The highest BCUT2D eigenvalue weighted by Gasteiger charge is 2.64. The molecule has 0 amide bonds. The Morgan fingerprint density at radius 2 is 1.05 bits per heavy atom. The van der Waals surface area contributed by atoms with Crippen LogP contribution in [0, 0.1) is 17.3 Å². The molecule has 2 atom stereocenters. The second-order valence-corrected chi connectivity index (χ2v) is 6.51. The fraction of sp³-hybridized carbons (Fsp3) is 0.875. The first kappa shape index (κ1) is 15.3. The lowest BCUT2D eigenvalue weighted by Crippen LogP contribution is -2.59. The minimum Gasteiger partial charge on any atom is -0.480 e. The van der Waals surface area contributed by atoms with E-state index in [0.29, 0.717) is 0 Å². The molecule has 0 aromatic carbocycles. The third-order valence-electron chi connectivity index (χ3n) is 5.42. The predicted octanol–water partition coefficient (Wildman–Crippen LogP) is 3.69. The summed E-state index contributed by atoms with van der Waals surface area (Å²) in [5.41, 5.74) is -1.49. The zero-order chi connectivity index (χ0) is 14.6. The van der Waals surface area contributed by atoms with Crippen LogP contribution in [0.1, 0.15) is 70.6 Å². The summed E-state index contributed by atoms with van der Waals surface area (Å²) in [6, 6.07) is 0. The molecule has 2 unspecified atom stereocenters. The number of carboxylic acids is 2.